The number of hydrogen-bond acceptors (Lipinski definition) is 3. The van der Waals surface area contributed by atoms with Crippen molar-refractivity contribution in [3.8, 4) is 5.75 Å². The van der Waals surface area contributed by atoms with E-state index in [1.165, 1.54) is 0 Å². The zero-order valence-electron chi connectivity index (χ0n) is 9.79. The Labute approximate surface area is 112 Å². The normalized spacial score (nSPS) is 14.1. The lowest BCUT2D eigenvalue weighted by Gasteiger charge is -2.19. The van der Waals surface area contributed by atoms with E-state index in [0.717, 1.165) is 6.07 Å². The summed E-state index contributed by atoms with van der Waals surface area (Å²) in [4.78, 5) is 10.2. The predicted octanol–water partition coefficient (Wildman–Crippen LogP) is 2.47. The van der Waals surface area contributed by atoms with Crippen molar-refractivity contribution in [3.63, 3.8) is 0 Å². The van der Waals surface area contributed by atoms with Gasteiger partial charge < -0.3 is 14.6 Å². The van der Waals surface area contributed by atoms with E-state index in [2.05, 4.69) is 4.74 Å². The standard InChI is InChI=1S/C12H11ClF2O4/c13-8-3-7-1-2-19-11(7)9(4-8)12(14,15)6-18-5-10(16)17/h3-4H,1-2,5-6H2,(H,16,17). The molecule has 19 heavy (non-hydrogen) atoms. The molecule has 0 aliphatic carbocycles. The molecule has 2 rings (SSSR count). The summed E-state index contributed by atoms with van der Waals surface area (Å²) in [6, 6.07) is 2.71. The van der Waals surface area contributed by atoms with Crippen molar-refractivity contribution in [2.75, 3.05) is 19.8 Å². The van der Waals surface area contributed by atoms with Gasteiger partial charge in [-0.15, -0.1) is 0 Å². The second-order valence-corrected chi connectivity index (χ2v) is 4.57. The van der Waals surface area contributed by atoms with Gasteiger partial charge in [-0.1, -0.05) is 11.6 Å². The topological polar surface area (TPSA) is 55.8 Å². The van der Waals surface area contributed by atoms with Crippen LogP contribution in [0, 0.1) is 0 Å². The molecule has 1 aromatic rings. The summed E-state index contributed by atoms with van der Waals surface area (Å²) < 4.78 is 37.6. The lowest BCUT2D eigenvalue weighted by molar-refractivity contribution is -0.147. The fraction of sp³-hybridized carbons (Fsp3) is 0.417. The van der Waals surface area contributed by atoms with Crippen molar-refractivity contribution in [3.05, 3.63) is 28.3 Å². The fourth-order valence-corrected chi connectivity index (χ4v) is 2.13. The van der Waals surface area contributed by atoms with Gasteiger partial charge in [0, 0.05) is 11.4 Å². The monoisotopic (exact) mass is 292 g/mol. The first-order valence-corrected chi connectivity index (χ1v) is 5.91. The number of carboxylic acids is 1. The number of fused-ring (bicyclic) bond motifs is 1. The van der Waals surface area contributed by atoms with Crippen LogP contribution in [0.2, 0.25) is 5.02 Å². The summed E-state index contributed by atoms with van der Waals surface area (Å²) in [7, 11) is 0. The summed E-state index contributed by atoms with van der Waals surface area (Å²) >= 11 is 5.80. The third-order valence-corrected chi connectivity index (χ3v) is 2.87. The minimum atomic E-state index is -3.35. The van der Waals surface area contributed by atoms with E-state index in [-0.39, 0.29) is 16.3 Å². The number of carbonyl (C=O) groups is 1. The highest BCUT2D eigenvalue weighted by Crippen LogP contribution is 2.41. The van der Waals surface area contributed by atoms with E-state index in [0.29, 0.717) is 18.6 Å². The summed E-state index contributed by atoms with van der Waals surface area (Å²) in [6.45, 7) is -1.48. The number of hydrogen-bond donors (Lipinski definition) is 1. The molecule has 0 aromatic heterocycles. The van der Waals surface area contributed by atoms with E-state index < -0.39 is 25.1 Å². The number of aliphatic carboxylic acids is 1. The third-order valence-electron chi connectivity index (χ3n) is 2.65. The van der Waals surface area contributed by atoms with Gasteiger partial charge in [0.2, 0.25) is 0 Å². The van der Waals surface area contributed by atoms with Crippen LogP contribution in [0.15, 0.2) is 12.1 Å². The first-order valence-electron chi connectivity index (χ1n) is 5.53. The molecule has 4 nitrogen and oxygen atoms in total. The number of halogens is 3. The maximum Gasteiger partial charge on any atom is 0.329 e. The number of benzene rings is 1. The molecular formula is C12H11ClF2O4. The molecule has 0 bridgehead atoms. The highest BCUT2D eigenvalue weighted by Gasteiger charge is 2.38. The summed E-state index contributed by atoms with van der Waals surface area (Å²) in [5, 5.41) is 8.56. The van der Waals surface area contributed by atoms with Crippen LogP contribution in [0.4, 0.5) is 8.78 Å². The zero-order valence-corrected chi connectivity index (χ0v) is 10.5. The average Bonchev–Trinajstić information content (AvgIpc) is 2.74. The zero-order chi connectivity index (χ0) is 14.0. The summed E-state index contributed by atoms with van der Waals surface area (Å²) in [5.41, 5.74) is 0.262. The van der Waals surface area contributed by atoms with Gasteiger partial charge >= 0.3 is 5.97 Å². The van der Waals surface area contributed by atoms with Crippen LogP contribution in [0.25, 0.3) is 0 Å². The predicted molar refractivity (Wildman–Crippen MR) is 63.0 cm³/mol. The highest BCUT2D eigenvalue weighted by atomic mass is 35.5. The lowest BCUT2D eigenvalue weighted by Crippen LogP contribution is -2.24. The molecule has 0 spiro atoms. The molecule has 0 saturated heterocycles. The van der Waals surface area contributed by atoms with E-state index in [9.17, 15) is 13.6 Å². The molecule has 0 atom stereocenters. The quantitative estimate of drug-likeness (QED) is 0.906. The lowest BCUT2D eigenvalue weighted by atomic mass is 10.0. The van der Waals surface area contributed by atoms with Gasteiger partial charge in [-0.2, -0.15) is 8.78 Å². The Morgan fingerprint density at radius 2 is 2.26 bits per heavy atom. The molecule has 0 radical (unpaired) electrons. The van der Waals surface area contributed by atoms with Crippen LogP contribution in [-0.4, -0.2) is 30.9 Å². The minimum absolute atomic E-state index is 0.119. The largest absolute Gasteiger partial charge is 0.492 e. The van der Waals surface area contributed by atoms with Gasteiger partial charge in [0.25, 0.3) is 5.92 Å². The van der Waals surface area contributed by atoms with E-state index in [4.69, 9.17) is 21.4 Å². The first-order chi connectivity index (χ1) is 8.90. The van der Waals surface area contributed by atoms with Gasteiger partial charge in [-0.25, -0.2) is 4.79 Å². The van der Waals surface area contributed by atoms with E-state index in [1.54, 1.807) is 6.07 Å². The Morgan fingerprint density at radius 3 is 2.95 bits per heavy atom. The Balaban J connectivity index is 2.22. The van der Waals surface area contributed by atoms with Crippen molar-refractivity contribution in [2.24, 2.45) is 0 Å². The first kappa shape index (κ1) is 14.0. The highest BCUT2D eigenvalue weighted by molar-refractivity contribution is 6.30. The van der Waals surface area contributed by atoms with Crippen LogP contribution in [0.5, 0.6) is 5.75 Å². The van der Waals surface area contributed by atoms with Crippen molar-refractivity contribution < 1.29 is 28.2 Å². The molecule has 0 fully saturated rings. The Bertz CT molecular complexity index is 505. The van der Waals surface area contributed by atoms with Gasteiger partial charge in [0.05, 0.1) is 12.2 Å². The van der Waals surface area contributed by atoms with Crippen molar-refractivity contribution in [1.29, 1.82) is 0 Å². The molecule has 0 unspecified atom stereocenters. The van der Waals surface area contributed by atoms with E-state index in [1.807, 2.05) is 0 Å². The van der Waals surface area contributed by atoms with Gasteiger partial charge in [-0.05, 0) is 17.7 Å². The van der Waals surface area contributed by atoms with Gasteiger partial charge in [0.1, 0.15) is 19.0 Å². The minimum Gasteiger partial charge on any atom is -0.492 e. The Kier molecular flexibility index (Phi) is 3.91. The fourth-order valence-electron chi connectivity index (χ4n) is 1.89. The Hall–Kier alpha value is -1.40. The number of alkyl halides is 2. The molecule has 0 amide bonds. The second kappa shape index (κ2) is 5.30. The van der Waals surface area contributed by atoms with E-state index >= 15 is 0 Å². The number of ether oxygens (including phenoxy) is 2. The van der Waals surface area contributed by atoms with Crippen LogP contribution in [-0.2, 0) is 21.9 Å². The molecule has 1 heterocycles. The van der Waals surface area contributed by atoms with Gasteiger partial charge in [-0.3, -0.25) is 0 Å². The van der Waals surface area contributed by atoms with Crippen molar-refractivity contribution in [1.82, 2.24) is 0 Å². The van der Waals surface area contributed by atoms with Crippen molar-refractivity contribution in [2.45, 2.75) is 12.3 Å². The van der Waals surface area contributed by atoms with Crippen molar-refractivity contribution >= 4 is 17.6 Å². The molecule has 1 aliphatic heterocycles. The molecule has 0 saturated carbocycles. The molecule has 1 N–H and O–H groups in total. The molecule has 7 heteroatoms. The number of rotatable bonds is 5. The molecule has 1 aromatic carbocycles. The average molecular weight is 293 g/mol. The summed E-state index contributed by atoms with van der Waals surface area (Å²) in [5.74, 6) is -4.54. The van der Waals surface area contributed by atoms with Gasteiger partial charge in [0.15, 0.2) is 0 Å². The summed E-state index contributed by atoms with van der Waals surface area (Å²) in [6.07, 6.45) is 0.523. The number of carboxylic acid groups (broad SMARTS) is 1. The smallest absolute Gasteiger partial charge is 0.329 e. The second-order valence-electron chi connectivity index (χ2n) is 4.13. The molecule has 1 aliphatic rings. The van der Waals surface area contributed by atoms with Crippen LogP contribution >= 0.6 is 11.6 Å². The molecule has 104 valence electrons. The van der Waals surface area contributed by atoms with Crippen LogP contribution in [0.1, 0.15) is 11.1 Å². The third kappa shape index (κ3) is 3.13. The molecular weight excluding hydrogens is 282 g/mol. The van der Waals surface area contributed by atoms with Crippen LogP contribution < -0.4 is 4.74 Å². The maximum absolute atomic E-state index is 14.0. The Morgan fingerprint density at radius 1 is 1.53 bits per heavy atom. The van der Waals surface area contributed by atoms with Crippen LogP contribution in [0.3, 0.4) is 0 Å². The SMILES string of the molecule is O=C(O)COCC(F)(F)c1cc(Cl)cc2c1OCC2. The maximum atomic E-state index is 14.0.